The second-order valence-electron chi connectivity index (χ2n) is 7.15. The molecular weight excluding hydrogens is 456 g/mol. The van der Waals surface area contributed by atoms with E-state index in [1.54, 1.807) is 68.8 Å². The molecule has 0 aliphatic rings. The molecule has 0 spiro atoms. The summed E-state index contributed by atoms with van der Waals surface area (Å²) < 4.78 is 43.4. The first-order valence-corrected chi connectivity index (χ1v) is 11.7. The highest BCUT2D eigenvalue weighted by Gasteiger charge is 2.23. The lowest BCUT2D eigenvalue weighted by molar-refractivity contribution is 0.414. The Morgan fingerprint density at radius 1 is 0.676 bits per heavy atom. The quantitative estimate of drug-likeness (QED) is 0.357. The van der Waals surface area contributed by atoms with Crippen molar-refractivity contribution in [2.24, 2.45) is 0 Å². The highest BCUT2D eigenvalue weighted by molar-refractivity contribution is 7.90. The van der Waals surface area contributed by atoms with Crippen molar-refractivity contribution in [3.8, 4) is 17.2 Å². The summed E-state index contributed by atoms with van der Waals surface area (Å²) in [5.74, 6) is 2.56. The SMILES string of the molecule is COc1ccc(Nc2cc(Nc3ccc(OC)cc3)n(S(=O)(=O)c3ccc(OC)cc3)n2)cc1. The monoisotopic (exact) mass is 480 g/mol. The number of nitrogens with one attached hydrogen (secondary N) is 2. The second-order valence-corrected chi connectivity index (χ2v) is 8.91. The minimum atomic E-state index is -4.01. The number of benzene rings is 3. The molecule has 4 rings (SSSR count). The maximum Gasteiger partial charge on any atom is 0.284 e. The summed E-state index contributed by atoms with van der Waals surface area (Å²) in [6, 6.07) is 22.1. The Kier molecular flexibility index (Phi) is 6.60. The van der Waals surface area contributed by atoms with Crippen molar-refractivity contribution >= 4 is 33.0 Å². The summed E-state index contributed by atoms with van der Waals surface area (Å²) in [7, 11) is 0.680. The first kappa shape index (κ1) is 23.0. The van der Waals surface area contributed by atoms with E-state index in [9.17, 15) is 8.42 Å². The maximum atomic E-state index is 13.4. The van der Waals surface area contributed by atoms with Crippen LogP contribution in [0.2, 0.25) is 0 Å². The van der Waals surface area contributed by atoms with Crippen molar-refractivity contribution in [3.05, 3.63) is 78.9 Å². The molecule has 0 bridgehead atoms. The van der Waals surface area contributed by atoms with Gasteiger partial charge in [-0.15, -0.1) is 9.19 Å². The minimum absolute atomic E-state index is 0.0742. The number of anilines is 4. The highest BCUT2D eigenvalue weighted by atomic mass is 32.2. The number of hydrogen-bond acceptors (Lipinski definition) is 8. The van der Waals surface area contributed by atoms with Gasteiger partial charge in [0.1, 0.15) is 23.1 Å². The molecule has 0 amide bonds. The number of hydrogen-bond donors (Lipinski definition) is 2. The molecule has 2 N–H and O–H groups in total. The molecule has 34 heavy (non-hydrogen) atoms. The molecule has 4 aromatic rings. The fourth-order valence-electron chi connectivity index (χ4n) is 3.19. The molecule has 9 nitrogen and oxygen atoms in total. The van der Waals surface area contributed by atoms with E-state index in [0.717, 1.165) is 9.77 Å². The molecule has 0 atom stereocenters. The largest absolute Gasteiger partial charge is 0.497 e. The van der Waals surface area contributed by atoms with Crippen molar-refractivity contribution in [1.29, 1.82) is 0 Å². The lowest BCUT2D eigenvalue weighted by Gasteiger charge is -2.11. The van der Waals surface area contributed by atoms with Gasteiger partial charge in [-0.1, -0.05) is 0 Å². The van der Waals surface area contributed by atoms with Crippen molar-refractivity contribution in [1.82, 2.24) is 9.19 Å². The van der Waals surface area contributed by atoms with E-state index in [1.807, 2.05) is 12.1 Å². The average molecular weight is 481 g/mol. The van der Waals surface area contributed by atoms with Gasteiger partial charge in [0, 0.05) is 17.4 Å². The molecule has 0 radical (unpaired) electrons. The van der Waals surface area contributed by atoms with Gasteiger partial charge in [-0.25, -0.2) is 0 Å². The Bertz CT molecular complexity index is 1350. The molecule has 0 aliphatic heterocycles. The van der Waals surface area contributed by atoms with Gasteiger partial charge >= 0.3 is 0 Å². The summed E-state index contributed by atoms with van der Waals surface area (Å²) in [5.41, 5.74) is 1.39. The molecule has 3 aromatic carbocycles. The molecule has 0 saturated carbocycles. The van der Waals surface area contributed by atoms with Gasteiger partial charge in [-0.05, 0) is 72.8 Å². The molecule has 176 valence electrons. The normalized spacial score (nSPS) is 11.0. The lowest BCUT2D eigenvalue weighted by Crippen LogP contribution is -2.17. The summed E-state index contributed by atoms with van der Waals surface area (Å²) in [6.07, 6.45) is 0. The van der Waals surface area contributed by atoms with Gasteiger partial charge < -0.3 is 24.8 Å². The Morgan fingerprint density at radius 3 is 1.59 bits per heavy atom. The van der Waals surface area contributed by atoms with Crippen LogP contribution in [-0.4, -0.2) is 38.9 Å². The summed E-state index contributed by atoms with van der Waals surface area (Å²) in [4.78, 5) is 0.0742. The predicted molar refractivity (Wildman–Crippen MR) is 130 cm³/mol. The molecule has 0 fully saturated rings. The Morgan fingerprint density at radius 2 is 1.12 bits per heavy atom. The fraction of sp³-hybridized carbons (Fsp3) is 0.125. The van der Waals surface area contributed by atoms with Crippen LogP contribution < -0.4 is 24.8 Å². The molecule has 0 aliphatic carbocycles. The number of ether oxygens (including phenoxy) is 3. The second kappa shape index (κ2) is 9.75. The van der Waals surface area contributed by atoms with Crippen LogP contribution in [0.1, 0.15) is 0 Å². The number of methoxy groups -OCH3 is 3. The van der Waals surface area contributed by atoms with Crippen LogP contribution in [0.4, 0.5) is 23.0 Å². The van der Waals surface area contributed by atoms with Gasteiger partial charge in [-0.2, -0.15) is 8.42 Å². The van der Waals surface area contributed by atoms with Crippen LogP contribution in [-0.2, 0) is 10.0 Å². The fourth-order valence-corrected chi connectivity index (χ4v) is 4.42. The average Bonchev–Trinajstić information content (AvgIpc) is 3.27. The minimum Gasteiger partial charge on any atom is -0.497 e. The van der Waals surface area contributed by atoms with Crippen molar-refractivity contribution in [3.63, 3.8) is 0 Å². The maximum absolute atomic E-state index is 13.4. The number of nitrogens with zero attached hydrogens (tertiary/aromatic N) is 2. The van der Waals surface area contributed by atoms with Crippen LogP contribution >= 0.6 is 0 Å². The van der Waals surface area contributed by atoms with Crippen LogP contribution in [0, 0.1) is 0 Å². The van der Waals surface area contributed by atoms with Crippen LogP contribution in [0.25, 0.3) is 0 Å². The predicted octanol–water partition coefficient (Wildman–Crippen LogP) is 4.63. The zero-order valence-corrected chi connectivity index (χ0v) is 19.7. The Hall–Kier alpha value is -4.18. The van der Waals surface area contributed by atoms with E-state index in [-0.39, 0.29) is 10.7 Å². The summed E-state index contributed by atoms with van der Waals surface area (Å²) in [5, 5.41) is 10.6. The molecule has 10 heteroatoms. The van der Waals surface area contributed by atoms with Crippen molar-refractivity contribution < 1.29 is 22.6 Å². The highest BCUT2D eigenvalue weighted by Crippen LogP contribution is 2.28. The smallest absolute Gasteiger partial charge is 0.284 e. The molecular formula is C24H24N4O5S. The Labute approximate surface area is 198 Å². The van der Waals surface area contributed by atoms with E-state index < -0.39 is 10.0 Å². The first-order chi connectivity index (χ1) is 16.4. The topological polar surface area (TPSA) is 104 Å². The summed E-state index contributed by atoms with van der Waals surface area (Å²) in [6.45, 7) is 0. The van der Waals surface area contributed by atoms with E-state index >= 15 is 0 Å². The third kappa shape index (κ3) is 4.91. The van der Waals surface area contributed by atoms with Gasteiger partial charge in [0.15, 0.2) is 5.82 Å². The van der Waals surface area contributed by atoms with E-state index in [2.05, 4.69) is 15.7 Å². The van der Waals surface area contributed by atoms with Gasteiger partial charge in [0.05, 0.1) is 26.2 Å². The molecule has 1 aromatic heterocycles. The van der Waals surface area contributed by atoms with E-state index in [4.69, 9.17) is 14.2 Å². The van der Waals surface area contributed by atoms with Gasteiger partial charge in [-0.3, -0.25) is 0 Å². The zero-order valence-electron chi connectivity index (χ0n) is 18.8. The van der Waals surface area contributed by atoms with E-state index in [0.29, 0.717) is 28.8 Å². The zero-order chi connectivity index (χ0) is 24.1. The van der Waals surface area contributed by atoms with Crippen LogP contribution in [0.3, 0.4) is 0 Å². The van der Waals surface area contributed by atoms with Crippen LogP contribution in [0.5, 0.6) is 17.2 Å². The van der Waals surface area contributed by atoms with Crippen molar-refractivity contribution in [2.45, 2.75) is 4.90 Å². The van der Waals surface area contributed by atoms with Gasteiger partial charge in [0.25, 0.3) is 10.0 Å². The number of aromatic nitrogens is 2. The third-order valence-electron chi connectivity index (χ3n) is 4.99. The van der Waals surface area contributed by atoms with Crippen LogP contribution in [0.15, 0.2) is 83.8 Å². The lowest BCUT2D eigenvalue weighted by atomic mass is 10.3. The van der Waals surface area contributed by atoms with Gasteiger partial charge in [0.2, 0.25) is 0 Å². The number of rotatable bonds is 9. The Balaban J connectivity index is 1.71. The first-order valence-electron chi connectivity index (χ1n) is 10.2. The standard InChI is InChI=1S/C24H24N4O5S/c1-31-19-8-4-17(5-9-19)25-23-16-24(26-18-6-10-20(32-2)11-7-18)28(27-23)34(29,30)22-14-12-21(33-3)13-15-22/h4-16,26H,1-3H3,(H,25,27). The molecule has 1 heterocycles. The summed E-state index contributed by atoms with van der Waals surface area (Å²) >= 11 is 0. The molecule has 0 unspecified atom stereocenters. The van der Waals surface area contributed by atoms with E-state index in [1.165, 1.54) is 19.2 Å². The molecule has 0 saturated heterocycles. The van der Waals surface area contributed by atoms with Crippen molar-refractivity contribution in [2.75, 3.05) is 32.0 Å². The third-order valence-corrected chi connectivity index (χ3v) is 6.59.